The Kier molecular flexibility index (Phi) is 4.36. The van der Waals surface area contributed by atoms with Gasteiger partial charge >= 0.3 is 0 Å². The number of aromatic nitrogens is 3. The van der Waals surface area contributed by atoms with Gasteiger partial charge in [0.2, 0.25) is 0 Å². The number of halogens is 2. The molecule has 2 atom stereocenters. The van der Waals surface area contributed by atoms with Crippen molar-refractivity contribution < 1.29 is 13.5 Å². The lowest BCUT2D eigenvalue weighted by molar-refractivity contribution is 0.0180. The number of benzene rings is 1. The minimum Gasteiger partial charge on any atom is -0.378 e. The second-order valence-corrected chi connectivity index (χ2v) is 6.80. The molecule has 1 saturated heterocycles. The molecule has 0 aliphatic carbocycles. The van der Waals surface area contributed by atoms with Crippen LogP contribution in [0.3, 0.4) is 0 Å². The minimum absolute atomic E-state index is 0.154. The molecule has 4 nitrogen and oxygen atoms in total. The summed E-state index contributed by atoms with van der Waals surface area (Å²) in [5, 5.41) is 0. The van der Waals surface area contributed by atoms with Crippen LogP contribution in [0.15, 0.2) is 30.5 Å². The summed E-state index contributed by atoms with van der Waals surface area (Å²) in [6.45, 7) is 4.57. The maximum atomic E-state index is 14.4. The molecule has 1 fully saturated rings. The average molecular weight is 355 g/mol. The van der Waals surface area contributed by atoms with Gasteiger partial charge in [0.1, 0.15) is 22.8 Å². The molecule has 0 radical (unpaired) electrons. The highest BCUT2D eigenvalue weighted by Crippen LogP contribution is 2.34. The van der Waals surface area contributed by atoms with Gasteiger partial charge < -0.3 is 4.74 Å². The lowest BCUT2D eigenvalue weighted by Gasteiger charge is -2.27. The van der Waals surface area contributed by atoms with E-state index in [1.165, 1.54) is 12.1 Å². The third kappa shape index (κ3) is 3.17. The van der Waals surface area contributed by atoms with Crippen molar-refractivity contribution in [1.82, 2.24) is 15.0 Å². The monoisotopic (exact) mass is 355 g/mol. The van der Waals surface area contributed by atoms with Crippen LogP contribution in [0.2, 0.25) is 0 Å². The van der Waals surface area contributed by atoms with Gasteiger partial charge in [-0.05, 0) is 44.9 Å². The molecule has 0 unspecified atom stereocenters. The molecule has 2 aromatic heterocycles. The summed E-state index contributed by atoms with van der Waals surface area (Å²) in [5.74, 6) is -1.06. The molecule has 1 aromatic carbocycles. The van der Waals surface area contributed by atoms with Crippen LogP contribution < -0.4 is 0 Å². The lowest BCUT2D eigenvalue weighted by atomic mass is 9.92. The summed E-state index contributed by atoms with van der Waals surface area (Å²) in [6.07, 6.45) is 3.49. The van der Waals surface area contributed by atoms with Crippen molar-refractivity contribution in [3.8, 4) is 11.3 Å². The summed E-state index contributed by atoms with van der Waals surface area (Å²) in [4.78, 5) is 13.7. The fraction of sp³-hybridized carbons (Fsp3) is 0.350. The molecule has 0 amide bonds. The summed E-state index contributed by atoms with van der Waals surface area (Å²) in [6, 6.07) is 5.44. The quantitative estimate of drug-likeness (QED) is 0.676. The van der Waals surface area contributed by atoms with Crippen molar-refractivity contribution in [2.24, 2.45) is 0 Å². The minimum atomic E-state index is -0.654. The van der Waals surface area contributed by atoms with Gasteiger partial charge in [-0.3, -0.25) is 4.98 Å². The Bertz CT molecular complexity index is 977. The van der Waals surface area contributed by atoms with Crippen LogP contribution in [0.5, 0.6) is 0 Å². The molecule has 0 spiro atoms. The Hall–Kier alpha value is -2.47. The predicted molar refractivity (Wildman–Crippen MR) is 94.8 cm³/mol. The average Bonchev–Trinajstić information content (AvgIpc) is 2.60. The number of rotatable bonds is 2. The van der Waals surface area contributed by atoms with E-state index < -0.39 is 11.6 Å². The second kappa shape index (κ2) is 6.68. The fourth-order valence-electron chi connectivity index (χ4n) is 3.48. The molecule has 3 heterocycles. The van der Waals surface area contributed by atoms with E-state index in [2.05, 4.69) is 9.97 Å². The SMILES string of the molecule is Cc1cnc2c(-c3ccc(F)cc3F)nc([C@H]3CCO[C@@H](C)C3)cc2n1. The van der Waals surface area contributed by atoms with Crippen molar-refractivity contribution in [3.63, 3.8) is 0 Å². The molecular weight excluding hydrogens is 336 g/mol. The van der Waals surface area contributed by atoms with Crippen molar-refractivity contribution >= 4 is 11.0 Å². The molecular formula is C20H19F2N3O. The smallest absolute Gasteiger partial charge is 0.135 e. The maximum Gasteiger partial charge on any atom is 0.135 e. The van der Waals surface area contributed by atoms with Gasteiger partial charge in [-0.25, -0.2) is 18.7 Å². The van der Waals surface area contributed by atoms with Crippen molar-refractivity contribution in [3.05, 3.63) is 53.5 Å². The molecule has 26 heavy (non-hydrogen) atoms. The number of fused-ring (bicyclic) bond motifs is 1. The summed E-state index contributed by atoms with van der Waals surface area (Å²) < 4.78 is 33.4. The van der Waals surface area contributed by atoms with Crippen molar-refractivity contribution in [1.29, 1.82) is 0 Å². The zero-order valence-corrected chi connectivity index (χ0v) is 14.7. The predicted octanol–water partition coefficient (Wildman–Crippen LogP) is 4.56. The van der Waals surface area contributed by atoms with Gasteiger partial charge in [0.25, 0.3) is 0 Å². The van der Waals surface area contributed by atoms with Gasteiger partial charge in [0.15, 0.2) is 0 Å². The van der Waals surface area contributed by atoms with Crippen LogP contribution in [-0.2, 0) is 4.74 Å². The number of nitrogens with zero attached hydrogens (tertiary/aromatic N) is 3. The number of hydrogen-bond acceptors (Lipinski definition) is 4. The first-order chi connectivity index (χ1) is 12.5. The van der Waals surface area contributed by atoms with Gasteiger partial charge in [-0.2, -0.15) is 0 Å². The lowest BCUT2D eigenvalue weighted by Crippen LogP contribution is -2.22. The van der Waals surface area contributed by atoms with E-state index in [9.17, 15) is 8.78 Å². The number of ether oxygens (including phenoxy) is 1. The van der Waals surface area contributed by atoms with Crippen LogP contribution in [-0.4, -0.2) is 27.7 Å². The van der Waals surface area contributed by atoms with Crippen LogP contribution in [0.4, 0.5) is 8.78 Å². The topological polar surface area (TPSA) is 47.9 Å². The Morgan fingerprint density at radius 3 is 2.77 bits per heavy atom. The zero-order chi connectivity index (χ0) is 18.3. The van der Waals surface area contributed by atoms with E-state index in [1.807, 2.05) is 19.9 Å². The van der Waals surface area contributed by atoms with E-state index in [0.717, 1.165) is 30.3 Å². The van der Waals surface area contributed by atoms with E-state index in [4.69, 9.17) is 9.72 Å². The highest BCUT2D eigenvalue weighted by Gasteiger charge is 2.24. The molecule has 0 saturated carbocycles. The van der Waals surface area contributed by atoms with Crippen LogP contribution >= 0.6 is 0 Å². The molecule has 134 valence electrons. The van der Waals surface area contributed by atoms with Crippen LogP contribution in [0.25, 0.3) is 22.3 Å². The molecule has 6 heteroatoms. The van der Waals surface area contributed by atoms with E-state index >= 15 is 0 Å². The number of pyridine rings is 1. The third-order valence-corrected chi connectivity index (χ3v) is 4.76. The van der Waals surface area contributed by atoms with E-state index in [-0.39, 0.29) is 17.6 Å². The summed E-state index contributed by atoms with van der Waals surface area (Å²) in [5.41, 5.74) is 3.46. The van der Waals surface area contributed by atoms with Crippen molar-refractivity contribution in [2.75, 3.05) is 6.61 Å². The van der Waals surface area contributed by atoms with Crippen LogP contribution in [0.1, 0.15) is 37.1 Å². The highest BCUT2D eigenvalue weighted by molar-refractivity contribution is 5.89. The van der Waals surface area contributed by atoms with Gasteiger partial charge in [0, 0.05) is 36.0 Å². The molecule has 1 aliphatic heterocycles. The molecule has 1 aliphatic rings. The Morgan fingerprint density at radius 2 is 2.00 bits per heavy atom. The van der Waals surface area contributed by atoms with Gasteiger partial charge in [0.05, 0.1) is 17.3 Å². The van der Waals surface area contributed by atoms with E-state index in [0.29, 0.717) is 23.3 Å². The fourth-order valence-corrected chi connectivity index (χ4v) is 3.48. The first-order valence-corrected chi connectivity index (χ1v) is 8.72. The van der Waals surface area contributed by atoms with Crippen LogP contribution in [0, 0.1) is 18.6 Å². The van der Waals surface area contributed by atoms with Crippen molar-refractivity contribution in [2.45, 2.75) is 38.7 Å². The van der Waals surface area contributed by atoms with Gasteiger partial charge in [-0.15, -0.1) is 0 Å². The summed E-state index contributed by atoms with van der Waals surface area (Å²) >= 11 is 0. The largest absolute Gasteiger partial charge is 0.378 e. The normalized spacial score (nSPS) is 20.5. The standard InChI is InChI=1S/C20H19F2N3O/c1-11-10-23-20-18(24-11)9-17(13-5-6-26-12(2)7-13)25-19(20)15-4-3-14(21)8-16(15)22/h3-4,8-10,12-13H,5-7H2,1-2H3/t12-,13-/m0/s1. The zero-order valence-electron chi connectivity index (χ0n) is 14.7. The molecule has 3 aromatic rings. The first-order valence-electron chi connectivity index (χ1n) is 8.72. The first kappa shape index (κ1) is 17.0. The Labute approximate surface area is 150 Å². The third-order valence-electron chi connectivity index (χ3n) is 4.76. The van der Waals surface area contributed by atoms with Gasteiger partial charge in [-0.1, -0.05) is 0 Å². The second-order valence-electron chi connectivity index (χ2n) is 6.80. The maximum absolute atomic E-state index is 14.4. The Balaban J connectivity index is 1.92. The van der Waals surface area contributed by atoms with E-state index in [1.54, 1.807) is 6.20 Å². The molecule has 0 bridgehead atoms. The number of hydrogen-bond donors (Lipinski definition) is 0. The highest BCUT2D eigenvalue weighted by atomic mass is 19.1. The Morgan fingerprint density at radius 1 is 1.15 bits per heavy atom. The molecule has 4 rings (SSSR count). The molecule has 0 N–H and O–H groups in total. The summed E-state index contributed by atoms with van der Waals surface area (Å²) in [7, 11) is 0. The number of aryl methyl sites for hydroxylation is 1.